The van der Waals surface area contributed by atoms with Gasteiger partial charge in [-0.05, 0) is 28.1 Å². The van der Waals surface area contributed by atoms with Gasteiger partial charge in [0.15, 0.2) is 0 Å². The lowest BCUT2D eigenvalue weighted by Gasteiger charge is -2.04. The molecule has 2 N–H and O–H groups in total. The molecule has 0 spiro atoms. The van der Waals surface area contributed by atoms with E-state index in [1.165, 1.54) is 0 Å². The van der Waals surface area contributed by atoms with Gasteiger partial charge in [-0.3, -0.25) is 9.89 Å². The first kappa shape index (κ1) is 11.4. The van der Waals surface area contributed by atoms with E-state index in [1.807, 2.05) is 6.07 Å². The summed E-state index contributed by atoms with van der Waals surface area (Å²) in [6.45, 7) is 0. The fraction of sp³-hybridized carbons (Fsp3) is 0.200. The minimum absolute atomic E-state index is 0.0893. The zero-order valence-electron chi connectivity index (χ0n) is 8.47. The van der Waals surface area contributed by atoms with Crippen LogP contribution in [0.4, 0.5) is 0 Å². The number of halogens is 2. The van der Waals surface area contributed by atoms with E-state index in [2.05, 4.69) is 31.4 Å². The third kappa shape index (κ3) is 1.92. The molecule has 6 heteroatoms. The van der Waals surface area contributed by atoms with E-state index >= 15 is 0 Å². The molecule has 16 heavy (non-hydrogen) atoms. The predicted octanol–water partition coefficient (Wildman–Crippen LogP) is 2.27. The summed E-state index contributed by atoms with van der Waals surface area (Å²) in [4.78, 5) is 11.4. The van der Waals surface area contributed by atoms with Crippen molar-refractivity contribution < 1.29 is 4.79 Å². The van der Waals surface area contributed by atoms with Gasteiger partial charge in [-0.2, -0.15) is 5.10 Å². The standard InChI is InChI=1S/C10H9BrClN3O/c1-13-8(16)4-6-7(12)3-2-5-9(6)14-15-10(5)11/h2-3H,4H2,1H3,(H,13,16)(H,14,15). The van der Waals surface area contributed by atoms with Crippen molar-refractivity contribution in [2.24, 2.45) is 0 Å². The highest BCUT2D eigenvalue weighted by Gasteiger charge is 2.13. The van der Waals surface area contributed by atoms with Crippen LogP contribution in [0.2, 0.25) is 5.02 Å². The Morgan fingerprint density at radius 1 is 1.62 bits per heavy atom. The SMILES string of the molecule is CNC(=O)Cc1c(Cl)ccc2c(Br)[nH]nc12. The van der Waals surface area contributed by atoms with Crippen LogP contribution in [-0.2, 0) is 11.2 Å². The number of benzene rings is 1. The Morgan fingerprint density at radius 2 is 2.38 bits per heavy atom. The lowest BCUT2D eigenvalue weighted by molar-refractivity contribution is -0.119. The Balaban J connectivity index is 2.57. The summed E-state index contributed by atoms with van der Waals surface area (Å²) in [6, 6.07) is 3.63. The molecule has 1 amide bonds. The summed E-state index contributed by atoms with van der Waals surface area (Å²) in [6.07, 6.45) is 0.226. The lowest BCUT2D eigenvalue weighted by atomic mass is 10.1. The van der Waals surface area contributed by atoms with Gasteiger partial charge in [-0.15, -0.1) is 0 Å². The Morgan fingerprint density at radius 3 is 3.06 bits per heavy atom. The van der Waals surface area contributed by atoms with Crippen LogP contribution >= 0.6 is 27.5 Å². The molecule has 0 atom stereocenters. The van der Waals surface area contributed by atoms with Crippen molar-refractivity contribution in [3.8, 4) is 0 Å². The molecule has 0 aliphatic rings. The first-order valence-electron chi connectivity index (χ1n) is 4.65. The third-order valence-corrected chi connectivity index (χ3v) is 3.30. The number of rotatable bonds is 2. The molecule has 0 bridgehead atoms. The number of hydrogen-bond donors (Lipinski definition) is 2. The molecular formula is C10H9BrClN3O. The minimum atomic E-state index is -0.0893. The van der Waals surface area contributed by atoms with Crippen LogP contribution in [0, 0.1) is 0 Å². The first-order chi connectivity index (χ1) is 7.63. The van der Waals surface area contributed by atoms with E-state index in [9.17, 15) is 4.79 Å². The summed E-state index contributed by atoms with van der Waals surface area (Å²) >= 11 is 9.41. The van der Waals surface area contributed by atoms with Gasteiger partial charge in [0.2, 0.25) is 5.91 Å². The van der Waals surface area contributed by atoms with Crippen LogP contribution in [0.5, 0.6) is 0 Å². The maximum absolute atomic E-state index is 11.4. The number of likely N-dealkylation sites (N-methyl/N-ethyl adjacent to an activating group) is 1. The Bertz CT molecular complexity index is 552. The van der Waals surface area contributed by atoms with Crippen LogP contribution in [0.3, 0.4) is 0 Å². The highest BCUT2D eigenvalue weighted by molar-refractivity contribution is 9.10. The number of carbonyl (C=O) groups is 1. The van der Waals surface area contributed by atoms with E-state index in [0.29, 0.717) is 5.02 Å². The van der Waals surface area contributed by atoms with Gasteiger partial charge < -0.3 is 5.32 Å². The van der Waals surface area contributed by atoms with Gasteiger partial charge in [0.05, 0.1) is 11.9 Å². The van der Waals surface area contributed by atoms with Crippen LogP contribution in [0.1, 0.15) is 5.56 Å². The van der Waals surface area contributed by atoms with Crippen molar-refractivity contribution in [1.29, 1.82) is 0 Å². The van der Waals surface area contributed by atoms with Gasteiger partial charge in [0, 0.05) is 23.0 Å². The topological polar surface area (TPSA) is 57.8 Å². The molecule has 0 aliphatic carbocycles. The number of amides is 1. The van der Waals surface area contributed by atoms with Crippen LogP contribution in [0.25, 0.3) is 10.9 Å². The van der Waals surface area contributed by atoms with Gasteiger partial charge in [-0.25, -0.2) is 0 Å². The molecule has 0 fully saturated rings. The highest BCUT2D eigenvalue weighted by Crippen LogP contribution is 2.29. The van der Waals surface area contributed by atoms with E-state index < -0.39 is 0 Å². The summed E-state index contributed by atoms with van der Waals surface area (Å²) in [5.74, 6) is -0.0893. The fourth-order valence-electron chi connectivity index (χ4n) is 1.50. The van der Waals surface area contributed by atoms with Crippen molar-refractivity contribution in [3.05, 3.63) is 27.3 Å². The second-order valence-electron chi connectivity index (χ2n) is 3.31. The first-order valence-corrected chi connectivity index (χ1v) is 5.82. The maximum Gasteiger partial charge on any atom is 0.224 e. The van der Waals surface area contributed by atoms with E-state index in [-0.39, 0.29) is 12.3 Å². The average molecular weight is 303 g/mol. The third-order valence-electron chi connectivity index (χ3n) is 2.34. The molecule has 4 nitrogen and oxygen atoms in total. The number of H-pyrrole nitrogens is 1. The van der Waals surface area contributed by atoms with Crippen LogP contribution in [-0.4, -0.2) is 23.2 Å². The zero-order chi connectivity index (χ0) is 11.7. The molecule has 2 aromatic rings. The molecule has 84 valence electrons. The number of fused-ring (bicyclic) bond motifs is 1. The minimum Gasteiger partial charge on any atom is -0.359 e. The largest absolute Gasteiger partial charge is 0.359 e. The summed E-state index contributed by atoms with van der Waals surface area (Å²) < 4.78 is 0.789. The Labute approximate surface area is 105 Å². The Kier molecular flexibility index (Phi) is 3.16. The van der Waals surface area contributed by atoms with E-state index in [1.54, 1.807) is 13.1 Å². The molecule has 0 aliphatic heterocycles. The van der Waals surface area contributed by atoms with Gasteiger partial charge in [0.25, 0.3) is 0 Å². The molecule has 0 saturated heterocycles. The number of hydrogen-bond acceptors (Lipinski definition) is 2. The van der Waals surface area contributed by atoms with Crippen molar-refractivity contribution in [2.45, 2.75) is 6.42 Å². The second kappa shape index (κ2) is 4.43. The number of nitrogens with one attached hydrogen (secondary N) is 2. The van der Waals surface area contributed by atoms with Crippen molar-refractivity contribution in [2.75, 3.05) is 7.05 Å². The smallest absolute Gasteiger partial charge is 0.224 e. The van der Waals surface area contributed by atoms with Crippen LogP contribution in [0.15, 0.2) is 16.7 Å². The number of aromatic amines is 1. The monoisotopic (exact) mass is 301 g/mol. The second-order valence-corrected chi connectivity index (χ2v) is 4.51. The van der Waals surface area contributed by atoms with Gasteiger partial charge in [0.1, 0.15) is 4.60 Å². The fourth-order valence-corrected chi connectivity index (χ4v) is 2.13. The van der Waals surface area contributed by atoms with Gasteiger partial charge >= 0.3 is 0 Å². The zero-order valence-corrected chi connectivity index (χ0v) is 10.8. The van der Waals surface area contributed by atoms with Crippen molar-refractivity contribution in [3.63, 3.8) is 0 Å². The summed E-state index contributed by atoms with van der Waals surface area (Å²) in [5.41, 5.74) is 1.46. The molecule has 0 radical (unpaired) electrons. The molecule has 2 rings (SSSR count). The van der Waals surface area contributed by atoms with Crippen molar-refractivity contribution >= 4 is 44.3 Å². The Hall–Kier alpha value is -1.07. The molecule has 1 aromatic heterocycles. The quantitative estimate of drug-likeness (QED) is 0.894. The van der Waals surface area contributed by atoms with E-state index in [0.717, 1.165) is 21.1 Å². The normalized spacial score (nSPS) is 10.7. The molecule has 0 saturated carbocycles. The highest BCUT2D eigenvalue weighted by atomic mass is 79.9. The van der Waals surface area contributed by atoms with Crippen LogP contribution < -0.4 is 5.32 Å². The number of carbonyl (C=O) groups excluding carboxylic acids is 1. The van der Waals surface area contributed by atoms with Crippen molar-refractivity contribution in [1.82, 2.24) is 15.5 Å². The van der Waals surface area contributed by atoms with Gasteiger partial charge in [-0.1, -0.05) is 11.6 Å². The molecular weight excluding hydrogens is 293 g/mol. The lowest BCUT2D eigenvalue weighted by Crippen LogP contribution is -2.20. The maximum atomic E-state index is 11.4. The van der Waals surface area contributed by atoms with E-state index in [4.69, 9.17) is 11.6 Å². The summed E-state index contributed by atoms with van der Waals surface area (Å²) in [5, 5.41) is 11.0. The number of aromatic nitrogens is 2. The predicted molar refractivity (Wildman–Crippen MR) is 66.6 cm³/mol. The molecule has 1 aromatic carbocycles. The molecule has 1 heterocycles. The summed E-state index contributed by atoms with van der Waals surface area (Å²) in [7, 11) is 1.59. The average Bonchev–Trinajstić information content (AvgIpc) is 2.64. The molecule has 0 unspecified atom stereocenters. The number of nitrogens with zero attached hydrogens (tertiary/aromatic N) is 1.